The Kier molecular flexibility index (Phi) is 13.3. The molecule has 0 aromatic rings. The van der Waals surface area contributed by atoms with Gasteiger partial charge in [0, 0.05) is 25.7 Å². The molecule has 176 valence electrons. The minimum atomic E-state index is -0.976. The first kappa shape index (κ1) is 26.9. The van der Waals surface area contributed by atoms with Crippen molar-refractivity contribution in [1.82, 2.24) is 0 Å². The predicted molar refractivity (Wildman–Crippen MR) is 107 cm³/mol. The molecule has 0 bridgehead atoms. The number of aldehydes is 1. The lowest BCUT2D eigenvalue weighted by Crippen LogP contribution is -2.30. The zero-order valence-corrected chi connectivity index (χ0v) is 18.0. The molecule has 1 saturated heterocycles. The maximum absolute atomic E-state index is 12.2. The Morgan fingerprint density at radius 1 is 1.13 bits per heavy atom. The lowest BCUT2D eigenvalue weighted by Gasteiger charge is -2.24. The fourth-order valence-electron chi connectivity index (χ4n) is 3.59. The molecule has 0 spiro atoms. The topological polar surface area (TPSA) is 143 Å². The number of aliphatic hydroxyl groups is 4. The van der Waals surface area contributed by atoms with Gasteiger partial charge in [-0.25, -0.2) is 0 Å². The number of ether oxygens (including phenoxy) is 3. The molecular formula is C21H38O9. The molecule has 0 aromatic heterocycles. The Hall–Kier alpha value is -1.10. The van der Waals surface area contributed by atoms with Gasteiger partial charge in [-0.3, -0.25) is 4.79 Å². The van der Waals surface area contributed by atoms with Crippen molar-refractivity contribution in [2.45, 2.75) is 115 Å². The van der Waals surface area contributed by atoms with E-state index in [-0.39, 0.29) is 44.8 Å². The molecule has 0 radical (unpaired) electrons. The standard InChI is InChI=1S/C21H38O9/c1-3-5-16(9-14(24)7-8-22)28-20(27)11-15(25)10-17(6-4-2)29-21-12-18(26)19(13-23)30-21/h8,14-19,21,23-26H,3-7,9-13H2,1-2H3/t14?,15?,16?,17?,18?,19-,21?/m0/s1. The monoisotopic (exact) mass is 434 g/mol. The molecule has 0 saturated carbocycles. The van der Waals surface area contributed by atoms with Crippen molar-refractivity contribution >= 4 is 12.3 Å². The summed E-state index contributed by atoms with van der Waals surface area (Å²) in [6.45, 7) is 3.60. The normalized spacial score (nSPS) is 25.5. The van der Waals surface area contributed by atoms with Gasteiger partial charge in [-0.1, -0.05) is 26.7 Å². The number of hydrogen-bond acceptors (Lipinski definition) is 9. The Balaban J connectivity index is 2.49. The Labute approximate surface area is 178 Å². The van der Waals surface area contributed by atoms with Gasteiger partial charge in [0.2, 0.25) is 0 Å². The van der Waals surface area contributed by atoms with Gasteiger partial charge >= 0.3 is 5.97 Å². The molecule has 9 heteroatoms. The van der Waals surface area contributed by atoms with E-state index in [9.17, 15) is 24.9 Å². The number of hydrogen-bond donors (Lipinski definition) is 4. The highest BCUT2D eigenvalue weighted by Gasteiger charge is 2.35. The molecule has 9 nitrogen and oxygen atoms in total. The van der Waals surface area contributed by atoms with E-state index in [2.05, 4.69) is 0 Å². The number of esters is 1. The lowest BCUT2D eigenvalue weighted by molar-refractivity contribution is -0.176. The maximum Gasteiger partial charge on any atom is 0.308 e. The highest BCUT2D eigenvalue weighted by molar-refractivity contribution is 5.70. The maximum atomic E-state index is 12.2. The molecule has 7 atom stereocenters. The second-order valence-corrected chi connectivity index (χ2v) is 7.92. The van der Waals surface area contributed by atoms with Crippen molar-refractivity contribution in [3.63, 3.8) is 0 Å². The van der Waals surface area contributed by atoms with Crippen LogP contribution in [0.1, 0.15) is 71.6 Å². The molecule has 0 aromatic carbocycles. The number of carbonyl (C=O) groups excluding carboxylic acids is 2. The second-order valence-electron chi connectivity index (χ2n) is 7.92. The van der Waals surface area contributed by atoms with E-state index in [4.69, 9.17) is 19.3 Å². The van der Waals surface area contributed by atoms with Crippen molar-refractivity contribution in [2.75, 3.05) is 6.61 Å². The third-order valence-electron chi connectivity index (χ3n) is 5.07. The van der Waals surface area contributed by atoms with Crippen LogP contribution in [0.15, 0.2) is 0 Å². The SMILES string of the molecule is CCCC(CC(O)CC=O)OC(=O)CC(O)CC(CCC)OC1CC(O)[C@H](CO)O1. The molecule has 1 aliphatic heterocycles. The van der Waals surface area contributed by atoms with Gasteiger partial charge in [0.05, 0.1) is 37.4 Å². The van der Waals surface area contributed by atoms with Crippen LogP contribution in [0.2, 0.25) is 0 Å². The largest absolute Gasteiger partial charge is 0.462 e. The first-order valence-electron chi connectivity index (χ1n) is 10.9. The van der Waals surface area contributed by atoms with Gasteiger partial charge in [-0.05, 0) is 12.8 Å². The summed E-state index contributed by atoms with van der Waals surface area (Å²) in [5, 5.41) is 39.1. The fourth-order valence-corrected chi connectivity index (χ4v) is 3.59. The van der Waals surface area contributed by atoms with Crippen LogP contribution >= 0.6 is 0 Å². The van der Waals surface area contributed by atoms with E-state index < -0.39 is 42.8 Å². The smallest absolute Gasteiger partial charge is 0.308 e. The summed E-state index contributed by atoms with van der Waals surface area (Å²) in [4.78, 5) is 22.7. The first-order valence-corrected chi connectivity index (χ1v) is 10.9. The van der Waals surface area contributed by atoms with Crippen molar-refractivity contribution < 1.29 is 44.2 Å². The third kappa shape index (κ3) is 10.3. The van der Waals surface area contributed by atoms with E-state index in [1.54, 1.807) is 0 Å². The molecule has 1 rings (SSSR count). The molecule has 0 amide bonds. The Bertz CT molecular complexity index is 487. The van der Waals surface area contributed by atoms with Crippen LogP contribution in [0.25, 0.3) is 0 Å². The summed E-state index contributed by atoms with van der Waals surface area (Å²) >= 11 is 0. The van der Waals surface area contributed by atoms with Crippen LogP contribution < -0.4 is 0 Å². The minimum absolute atomic E-state index is 0.00843. The average Bonchev–Trinajstić information content (AvgIpc) is 3.01. The first-order chi connectivity index (χ1) is 14.3. The summed E-state index contributed by atoms with van der Waals surface area (Å²) in [6, 6.07) is 0. The van der Waals surface area contributed by atoms with E-state index in [1.807, 2.05) is 13.8 Å². The van der Waals surface area contributed by atoms with Crippen LogP contribution in [0, 0.1) is 0 Å². The van der Waals surface area contributed by atoms with E-state index in [0.29, 0.717) is 19.1 Å². The summed E-state index contributed by atoms with van der Waals surface area (Å²) < 4.78 is 16.7. The number of rotatable bonds is 16. The summed E-state index contributed by atoms with van der Waals surface area (Å²) in [5.74, 6) is -0.567. The molecule has 6 unspecified atom stereocenters. The highest BCUT2D eigenvalue weighted by atomic mass is 16.7. The quantitative estimate of drug-likeness (QED) is 0.205. The molecular weight excluding hydrogens is 396 g/mol. The fraction of sp³-hybridized carbons (Fsp3) is 0.905. The average molecular weight is 435 g/mol. The predicted octanol–water partition coefficient (Wildman–Crippen LogP) is 0.833. The summed E-state index contributed by atoms with van der Waals surface area (Å²) in [6.07, 6.45) is -1.05. The van der Waals surface area contributed by atoms with Crippen molar-refractivity contribution in [2.24, 2.45) is 0 Å². The minimum Gasteiger partial charge on any atom is -0.462 e. The zero-order valence-electron chi connectivity index (χ0n) is 18.0. The summed E-state index contributed by atoms with van der Waals surface area (Å²) in [5.41, 5.74) is 0. The molecule has 30 heavy (non-hydrogen) atoms. The van der Waals surface area contributed by atoms with Crippen LogP contribution in [0.3, 0.4) is 0 Å². The molecule has 4 N–H and O–H groups in total. The Morgan fingerprint density at radius 2 is 1.77 bits per heavy atom. The number of aliphatic hydroxyl groups excluding tert-OH is 4. The summed E-state index contributed by atoms with van der Waals surface area (Å²) in [7, 11) is 0. The van der Waals surface area contributed by atoms with Gasteiger partial charge in [0.1, 0.15) is 18.5 Å². The van der Waals surface area contributed by atoms with Crippen LogP contribution in [-0.2, 0) is 23.8 Å². The van der Waals surface area contributed by atoms with Gasteiger partial charge < -0.3 is 39.4 Å². The lowest BCUT2D eigenvalue weighted by atomic mass is 10.0. The highest BCUT2D eigenvalue weighted by Crippen LogP contribution is 2.25. The van der Waals surface area contributed by atoms with E-state index in [1.165, 1.54) is 0 Å². The van der Waals surface area contributed by atoms with E-state index >= 15 is 0 Å². The number of carbonyl (C=O) groups is 2. The van der Waals surface area contributed by atoms with Gasteiger partial charge in [-0.2, -0.15) is 0 Å². The van der Waals surface area contributed by atoms with Gasteiger partial charge in [0.15, 0.2) is 6.29 Å². The van der Waals surface area contributed by atoms with Crippen molar-refractivity contribution in [1.29, 1.82) is 0 Å². The van der Waals surface area contributed by atoms with Gasteiger partial charge in [0.25, 0.3) is 0 Å². The van der Waals surface area contributed by atoms with E-state index in [0.717, 1.165) is 12.8 Å². The zero-order chi connectivity index (χ0) is 22.5. The molecule has 0 aliphatic carbocycles. The Morgan fingerprint density at radius 3 is 2.33 bits per heavy atom. The molecule has 1 fully saturated rings. The van der Waals surface area contributed by atoms with Crippen molar-refractivity contribution in [3.05, 3.63) is 0 Å². The van der Waals surface area contributed by atoms with Crippen molar-refractivity contribution in [3.8, 4) is 0 Å². The molecule has 1 heterocycles. The third-order valence-corrected chi connectivity index (χ3v) is 5.07. The second kappa shape index (κ2) is 14.8. The van der Waals surface area contributed by atoms with Crippen LogP contribution in [0.4, 0.5) is 0 Å². The van der Waals surface area contributed by atoms with Crippen LogP contribution in [-0.4, -0.2) is 82.2 Å². The molecule has 1 aliphatic rings. The van der Waals surface area contributed by atoms with Crippen LogP contribution in [0.5, 0.6) is 0 Å². The van der Waals surface area contributed by atoms with Gasteiger partial charge in [-0.15, -0.1) is 0 Å².